The average molecular weight is 578 g/mol. The minimum atomic E-state index is -1.74. The zero-order valence-electron chi connectivity index (χ0n) is 21.0. The average Bonchev–Trinajstić information content (AvgIpc) is 2.85. The largest absolute Gasteiger partial charge is 0.431 e. The second-order valence-electron chi connectivity index (χ2n) is 6.87. The van der Waals surface area contributed by atoms with E-state index in [1.807, 2.05) is 62.4 Å². The van der Waals surface area contributed by atoms with Gasteiger partial charge in [-0.2, -0.15) is 9.35 Å². The summed E-state index contributed by atoms with van der Waals surface area (Å²) < 4.78 is 38.3. The second-order valence-corrected chi connectivity index (χ2v) is 13.5. The number of hydrogen-bond acceptors (Lipinski definition) is 9. The molecule has 198 valence electrons. The molecule has 0 bridgehead atoms. The van der Waals surface area contributed by atoms with Gasteiger partial charge in [0.25, 0.3) is 0 Å². The van der Waals surface area contributed by atoms with Crippen LogP contribution in [0.25, 0.3) is 0 Å². The smallest absolute Gasteiger partial charge is 0.383 e. The molecule has 0 fully saturated rings. The molecular weight excluding hydrogens is 548 g/mol. The van der Waals surface area contributed by atoms with Crippen LogP contribution in [-0.2, 0) is 0 Å². The Hall–Kier alpha value is -1.80. The van der Waals surface area contributed by atoms with Gasteiger partial charge >= 0.3 is 6.48 Å². The highest BCUT2D eigenvalue weighted by Gasteiger charge is 2.21. The number of benzene rings is 2. The molecule has 0 aliphatic rings. The molecule has 3 atom stereocenters. The van der Waals surface area contributed by atoms with E-state index in [9.17, 15) is 0 Å². The summed E-state index contributed by atoms with van der Waals surface area (Å²) in [4.78, 5) is 17.4. The van der Waals surface area contributed by atoms with Crippen molar-refractivity contribution in [2.24, 2.45) is 0 Å². The van der Waals surface area contributed by atoms with Crippen LogP contribution in [0.4, 0.5) is 0 Å². The maximum Gasteiger partial charge on any atom is 0.383 e. The Labute approximate surface area is 214 Å². The van der Waals surface area contributed by atoms with Crippen LogP contribution in [0.3, 0.4) is 0 Å². The summed E-state index contributed by atoms with van der Waals surface area (Å²) in [5.74, 6) is 1.14. The van der Waals surface area contributed by atoms with Gasteiger partial charge in [-0.25, -0.2) is 0 Å². The standard InChI is InChI=1S/C20H30N4O8P4/c1-16-10-8-12-18(14-16)30-20(31-19-13-9-11-17(2)15-19)32-22-33-21-34(27-5)23(25-3)36(29-7)24(26-4)35(22)28-6/h8-15,20H,1-7H3. The van der Waals surface area contributed by atoms with E-state index in [4.69, 9.17) is 37.6 Å². The third kappa shape index (κ3) is 7.37. The number of ether oxygens (including phenoxy) is 2. The molecule has 3 unspecified atom stereocenters. The molecule has 0 radical (unpaired) electrons. The van der Waals surface area contributed by atoms with Crippen LogP contribution in [-0.4, -0.2) is 59.3 Å². The molecule has 3 rings (SSSR count). The summed E-state index contributed by atoms with van der Waals surface area (Å²) in [6.45, 7) is 2.76. The third-order valence-corrected chi connectivity index (χ3v) is 11.3. The van der Waals surface area contributed by atoms with E-state index in [0.29, 0.717) is 20.0 Å². The molecular formula is C20H30N4O8P4. The molecule has 36 heavy (non-hydrogen) atoms. The maximum atomic E-state index is 6.22. The Morgan fingerprint density at radius 2 is 1.31 bits per heavy atom. The van der Waals surface area contributed by atoms with Crippen molar-refractivity contribution in [2.45, 2.75) is 20.3 Å². The zero-order valence-corrected chi connectivity index (χ0v) is 24.6. The third-order valence-electron chi connectivity index (χ3n) is 4.37. The van der Waals surface area contributed by atoms with Gasteiger partial charge < -0.3 is 23.0 Å². The molecule has 0 N–H and O–H groups in total. The maximum absolute atomic E-state index is 6.22. The topological polar surface area (TPSA) is 102 Å². The Kier molecular flexibility index (Phi) is 11.4. The van der Waals surface area contributed by atoms with Gasteiger partial charge in [-0.3, -0.25) is 9.68 Å². The predicted molar refractivity (Wildman–Crippen MR) is 141 cm³/mol. The molecule has 12 nitrogen and oxygen atoms in total. The molecule has 0 spiro atoms. The molecule has 0 aliphatic heterocycles. The Bertz CT molecular complexity index is 1180. The SMILES string of the molecule is COn1p(OC)npn(OC(Oc2cccc(C)c2)Oc2cccc(C)c2)p(OC)n(OC)p1OC. The van der Waals surface area contributed by atoms with Gasteiger partial charge in [-0.1, -0.05) is 24.3 Å². The lowest BCUT2D eigenvalue weighted by Crippen LogP contribution is -2.35. The number of aromatic nitrogens is 4. The van der Waals surface area contributed by atoms with E-state index in [1.54, 1.807) is 0 Å². The van der Waals surface area contributed by atoms with Crippen molar-refractivity contribution in [1.82, 2.24) is 17.3 Å². The van der Waals surface area contributed by atoms with Crippen LogP contribution in [0.1, 0.15) is 11.1 Å². The van der Waals surface area contributed by atoms with E-state index >= 15 is 0 Å². The molecule has 2 aromatic carbocycles. The van der Waals surface area contributed by atoms with Crippen molar-refractivity contribution in [3.05, 3.63) is 59.7 Å². The summed E-state index contributed by atoms with van der Waals surface area (Å²) in [5, 5.41) is 0. The summed E-state index contributed by atoms with van der Waals surface area (Å²) in [5.41, 5.74) is 2.06. The number of hydrogen-bond donors (Lipinski definition) is 0. The predicted octanol–water partition coefficient (Wildman–Crippen LogP) is 4.05. The van der Waals surface area contributed by atoms with Gasteiger partial charge in [0, 0.05) is 21.3 Å². The fraction of sp³-hybridized carbons (Fsp3) is 0.400. The Morgan fingerprint density at radius 3 is 1.75 bits per heavy atom. The van der Waals surface area contributed by atoms with Crippen molar-refractivity contribution in [2.75, 3.05) is 35.5 Å². The highest BCUT2D eigenvalue weighted by atomic mass is 31.2. The lowest BCUT2D eigenvalue weighted by molar-refractivity contribution is -0.188. The lowest BCUT2D eigenvalue weighted by atomic mass is 10.2. The summed E-state index contributed by atoms with van der Waals surface area (Å²) in [6, 6.07) is 15.2. The first-order chi connectivity index (χ1) is 17.4. The number of rotatable bonds is 11. The molecule has 1 heterocycles. The van der Waals surface area contributed by atoms with Crippen molar-refractivity contribution >= 4 is 32.7 Å². The summed E-state index contributed by atoms with van der Waals surface area (Å²) in [6.07, 6.45) is 0. The normalized spacial score (nSPS) is 12.7. The molecule has 0 saturated heterocycles. The second kappa shape index (κ2) is 14.2. The highest BCUT2D eigenvalue weighted by molar-refractivity contribution is 7.57. The van der Waals surface area contributed by atoms with Crippen molar-refractivity contribution in [3.8, 4) is 11.5 Å². The number of aryl methyl sites for hydroxylation is 2. The van der Waals surface area contributed by atoms with Gasteiger partial charge in [0.15, 0.2) is 8.51 Å². The summed E-state index contributed by atoms with van der Waals surface area (Å²) in [7, 11) is 2.98. The Balaban J connectivity index is 2.14. The van der Waals surface area contributed by atoms with Crippen molar-refractivity contribution in [3.63, 3.8) is 0 Å². The van der Waals surface area contributed by atoms with E-state index in [1.165, 1.54) is 48.3 Å². The minimum absolute atomic E-state index is 0.347. The van der Waals surface area contributed by atoms with Crippen LogP contribution in [0, 0.1) is 13.8 Å². The van der Waals surface area contributed by atoms with Gasteiger partial charge in [0.05, 0.1) is 14.2 Å². The molecule has 0 amide bonds. The monoisotopic (exact) mass is 578 g/mol. The summed E-state index contributed by atoms with van der Waals surface area (Å²) >= 11 is 0. The lowest BCUT2D eigenvalue weighted by Gasteiger charge is -2.23. The fourth-order valence-electron chi connectivity index (χ4n) is 2.87. The van der Waals surface area contributed by atoms with Crippen LogP contribution < -0.4 is 37.6 Å². The minimum Gasteiger partial charge on any atom is -0.431 e. The first kappa shape index (κ1) is 28.8. The van der Waals surface area contributed by atoms with Crippen LogP contribution >= 0.6 is 32.7 Å². The van der Waals surface area contributed by atoms with Crippen molar-refractivity contribution in [1.29, 1.82) is 0 Å². The fourth-order valence-corrected chi connectivity index (χ4v) is 10.1. The van der Waals surface area contributed by atoms with E-state index in [0.717, 1.165) is 11.1 Å². The zero-order chi connectivity index (χ0) is 26.1. The molecule has 16 heteroatoms. The van der Waals surface area contributed by atoms with E-state index in [2.05, 4.69) is 4.51 Å². The number of nitrogens with zero attached hydrogens (tertiary/aromatic N) is 4. The molecule has 1 aromatic heterocycles. The van der Waals surface area contributed by atoms with Crippen LogP contribution in [0.5, 0.6) is 11.5 Å². The highest BCUT2D eigenvalue weighted by Crippen LogP contribution is 2.38. The molecule has 0 saturated carbocycles. The van der Waals surface area contributed by atoms with Crippen LogP contribution in [0.15, 0.2) is 48.5 Å². The van der Waals surface area contributed by atoms with E-state index in [-0.39, 0.29) is 0 Å². The first-order valence-electron chi connectivity index (χ1n) is 10.5. The first-order valence-corrected chi connectivity index (χ1v) is 14.8. The van der Waals surface area contributed by atoms with Crippen molar-refractivity contribution < 1.29 is 37.6 Å². The van der Waals surface area contributed by atoms with E-state index < -0.39 is 30.7 Å². The molecule has 3 aromatic rings. The quantitative estimate of drug-likeness (QED) is 0.312. The van der Waals surface area contributed by atoms with Gasteiger partial charge in [0.1, 0.15) is 11.5 Å². The van der Waals surface area contributed by atoms with Gasteiger partial charge in [-0.05, 0) is 49.2 Å². The van der Waals surface area contributed by atoms with Gasteiger partial charge in [-0.15, -0.1) is 12.8 Å². The van der Waals surface area contributed by atoms with Gasteiger partial charge in [0.2, 0.25) is 24.2 Å². The molecule has 0 aliphatic carbocycles. The Morgan fingerprint density at radius 1 is 0.750 bits per heavy atom. The van der Waals surface area contributed by atoms with Crippen LogP contribution in [0.2, 0.25) is 0 Å².